The molecule has 8 aromatic rings. The quantitative estimate of drug-likeness (QED) is 0.198. The van der Waals surface area contributed by atoms with Gasteiger partial charge in [0.2, 0.25) is 0 Å². The van der Waals surface area contributed by atoms with Crippen LogP contribution >= 0.6 is 11.5 Å². The van der Waals surface area contributed by atoms with Gasteiger partial charge in [0.15, 0.2) is 0 Å². The van der Waals surface area contributed by atoms with Crippen molar-refractivity contribution in [3.63, 3.8) is 0 Å². The number of hydrogen-bond acceptors (Lipinski definition) is 4. The molecule has 2 heterocycles. The molecule has 4 heteroatoms. The van der Waals surface area contributed by atoms with E-state index in [1.807, 2.05) is 24.4 Å². The molecule has 8 rings (SSSR count). The minimum absolute atomic E-state index is 0.897. The van der Waals surface area contributed by atoms with Gasteiger partial charge in [0.1, 0.15) is 5.69 Å². The third kappa shape index (κ3) is 4.21. The summed E-state index contributed by atoms with van der Waals surface area (Å²) in [5.74, 6) is 0. The molecular formula is C38H25N3S. The van der Waals surface area contributed by atoms with E-state index >= 15 is 0 Å². The van der Waals surface area contributed by atoms with Crippen molar-refractivity contribution in [2.75, 3.05) is 4.90 Å². The number of pyridine rings is 1. The van der Waals surface area contributed by atoms with E-state index in [0.717, 1.165) is 38.5 Å². The maximum atomic E-state index is 4.88. The molecule has 0 amide bonds. The monoisotopic (exact) mass is 555 g/mol. The first-order chi connectivity index (χ1) is 20.8. The highest BCUT2D eigenvalue weighted by molar-refractivity contribution is 7.14. The Morgan fingerprint density at radius 3 is 1.93 bits per heavy atom. The average molecular weight is 556 g/mol. The smallest absolute Gasteiger partial charge is 0.111 e. The topological polar surface area (TPSA) is 29.0 Å². The number of hydrogen-bond donors (Lipinski definition) is 0. The Labute approximate surface area is 248 Å². The molecule has 0 aliphatic heterocycles. The molecule has 3 nitrogen and oxygen atoms in total. The van der Waals surface area contributed by atoms with Gasteiger partial charge < -0.3 is 4.90 Å². The summed E-state index contributed by atoms with van der Waals surface area (Å²) in [7, 11) is 0. The van der Waals surface area contributed by atoms with Gasteiger partial charge in [-0.15, -0.1) is 0 Å². The lowest BCUT2D eigenvalue weighted by Gasteiger charge is -2.26. The Balaban J connectivity index is 1.35. The Morgan fingerprint density at radius 2 is 1.14 bits per heavy atom. The highest BCUT2D eigenvalue weighted by Crippen LogP contribution is 2.42. The molecule has 0 radical (unpaired) electrons. The van der Waals surface area contributed by atoms with Crippen molar-refractivity contribution >= 4 is 60.2 Å². The average Bonchev–Trinajstić information content (AvgIpc) is 3.51. The lowest BCUT2D eigenvalue weighted by molar-refractivity contribution is 1.29. The fourth-order valence-electron chi connectivity index (χ4n) is 5.84. The largest absolute Gasteiger partial charge is 0.310 e. The standard InChI is InChI=1S/C38H25N3S/c1-3-9-26(10-4-1)27-16-20-31(21-17-27)41(30-11-5-2-6-12-30)32-22-18-28-14-15-29-19-23-35-37(36(29)33(28)25-32)38(40-42-35)34-13-7-8-24-39-34/h1-25H. The van der Waals surface area contributed by atoms with Crippen LogP contribution in [0.2, 0.25) is 0 Å². The Bertz CT molecular complexity index is 2170. The molecule has 0 atom stereocenters. The number of para-hydroxylation sites is 1. The van der Waals surface area contributed by atoms with Crippen LogP contribution in [0.3, 0.4) is 0 Å². The summed E-state index contributed by atoms with van der Waals surface area (Å²) in [6, 6.07) is 51.6. The molecule has 0 unspecified atom stereocenters. The summed E-state index contributed by atoms with van der Waals surface area (Å²) < 4.78 is 6.04. The van der Waals surface area contributed by atoms with Crippen LogP contribution in [0, 0.1) is 0 Å². The molecule has 0 spiro atoms. The van der Waals surface area contributed by atoms with Gasteiger partial charge in [-0.1, -0.05) is 91.0 Å². The first-order valence-electron chi connectivity index (χ1n) is 14.0. The number of aromatic nitrogens is 2. The van der Waals surface area contributed by atoms with Gasteiger partial charge in [-0.3, -0.25) is 4.98 Å². The zero-order chi connectivity index (χ0) is 27.9. The minimum Gasteiger partial charge on any atom is -0.310 e. The highest BCUT2D eigenvalue weighted by atomic mass is 32.1. The second kappa shape index (κ2) is 10.3. The van der Waals surface area contributed by atoms with Crippen LogP contribution in [0.15, 0.2) is 152 Å². The van der Waals surface area contributed by atoms with Gasteiger partial charge in [0, 0.05) is 34.0 Å². The number of benzene rings is 6. The molecule has 0 bridgehead atoms. The third-order valence-corrected chi connectivity index (χ3v) is 8.64. The Hall–Kier alpha value is -5.32. The minimum atomic E-state index is 0.897. The summed E-state index contributed by atoms with van der Waals surface area (Å²) in [5.41, 5.74) is 7.58. The zero-order valence-electron chi connectivity index (χ0n) is 22.7. The van der Waals surface area contributed by atoms with Crippen LogP contribution in [-0.2, 0) is 0 Å². The van der Waals surface area contributed by atoms with E-state index in [-0.39, 0.29) is 0 Å². The van der Waals surface area contributed by atoms with Crippen molar-refractivity contribution in [1.82, 2.24) is 9.36 Å². The van der Waals surface area contributed by atoms with Crippen molar-refractivity contribution in [2.45, 2.75) is 0 Å². The van der Waals surface area contributed by atoms with E-state index in [1.165, 1.54) is 44.2 Å². The molecule has 198 valence electrons. The maximum Gasteiger partial charge on any atom is 0.111 e. The number of fused-ring (bicyclic) bond motifs is 5. The molecule has 0 N–H and O–H groups in total. The maximum absolute atomic E-state index is 4.88. The lowest BCUT2D eigenvalue weighted by atomic mass is 9.96. The van der Waals surface area contributed by atoms with Gasteiger partial charge in [0.05, 0.1) is 10.4 Å². The fraction of sp³-hybridized carbons (Fsp3) is 0. The van der Waals surface area contributed by atoms with Crippen molar-refractivity contribution in [2.24, 2.45) is 0 Å². The number of nitrogens with zero attached hydrogens (tertiary/aromatic N) is 3. The predicted molar refractivity (Wildman–Crippen MR) is 178 cm³/mol. The molecule has 0 aliphatic carbocycles. The second-order valence-corrected chi connectivity index (χ2v) is 11.1. The molecule has 0 fully saturated rings. The van der Waals surface area contributed by atoms with Crippen molar-refractivity contribution < 1.29 is 0 Å². The molecule has 0 saturated heterocycles. The lowest BCUT2D eigenvalue weighted by Crippen LogP contribution is -2.09. The van der Waals surface area contributed by atoms with Crippen LogP contribution in [-0.4, -0.2) is 9.36 Å². The van der Waals surface area contributed by atoms with Gasteiger partial charge in [-0.2, -0.15) is 4.37 Å². The van der Waals surface area contributed by atoms with E-state index in [9.17, 15) is 0 Å². The van der Waals surface area contributed by atoms with Gasteiger partial charge in [-0.25, -0.2) is 0 Å². The molecule has 6 aromatic carbocycles. The molecule has 0 saturated carbocycles. The molecule has 42 heavy (non-hydrogen) atoms. The number of anilines is 3. The summed E-state index contributed by atoms with van der Waals surface area (Å²) >= 11 is 1.54. The first kappa shape index (κ1) is 24.5. The normalized spacial score (nSPS) is 11.3. The van der Waals surface area contributed by atoms with Gasteiger partial charge >= 0.3 is 0 Å². The van der Waals surface area contributed by atoms with E-state index in [0.29, 0.717) is 0 Å². The Kier molecular flexibility index (Phi) is 5.98. The van der Waals surface area contributed by atoms with E-state index in [4.69, 9.17) is 4.37 Å². The van der Waals surface area contributed by atoms with Crippen LogP contribution in [0.1, 0.15) is 0 Å². The van der Waals surface area contributed by atoms with Crippen molar-refractivity contribution in [1.29, 1.82) is 0 Å². The molecule has 2 aromatic heterocycles. The number of rotatable bonds is 5. The van der Waals surface area contributed by atoms with Crippen LogP contribution < -0.4 is 4.90 Å². The summed E-state index contributed by atoms with van der Waals surface area (Å²) in [6.45, 7) is 0. The zero-order valence-corrected chi connectivity index (χ0v) is 23.5. The summed E-state index contributed by atoms with van der Waals surface area (Å²) in [6.07, 6.45) is 1.84. The fourth-order valence-corrected chi connectivity index (χ4v) is 6.63. The Morgan fingerprint density at radius 1 is 0.500 bits per heavy atom. The second-order valence-electron chi connectivity index (χ2n) is 10.3. The van der Waals surface area contributed by atoms with Gasteiger partial charge in [0.25, 0.3) is 0 Å². The molecule has 0 aliphatic rings. The summed E-state index contributed by atoms with van der Waals surface area (Å²) in [5, 5.41) is 5.98. The van der Waals surface area contributed by atoms with Crippen molar-refractivity contribution in [3.05, 3.63) is 152 Å². The van der Waals surface area contributed by atoms with Crippen molar-refractivity contribution in [3.8, 4) is 22.5 Å². The predicted octanol–water partition coefficient (Wildman–Crippen LogP) is 10.8. The van der Waals surface area contributed by atoms with Crippen LogP contribution in [0.5, 0.6) is 0 Å². The van der Waals surface area contributed by atoms with Crippen LogP contribution in [0.25, 0.3) is 54.1 Å². The van der Waals surface area contributed by atoms with E-state index < -0.39 is 0 Å². The van der Waals surface area contributed by atoms with E-state index in [1.54, 1.807) is 0 Å². The molecular weight excluding hydrogens is 531 g/mol. The summed E-state index contributed by atoms with van der Waals surface area (Å²) in [4.78, 5) is 6.98. The van der Waals surface area contributed by atoms with Crippen LogP contribution in [0.4, 0.5) is 17.1 Å². The first-order valence-corrected chi connectivity index (χ1v) is 14.8. The van der Waals surface area contributed by atoms with E-state index in [2.05, 4.69) is 137 Å². The third-order valence-electron chi connectivity index (χ3n) is 7.83. The SMILES string of the molecule is c1ccc(-c2ccc(N(c3ccccc3)c3ccc4ccc5ccc6snc(-c7ccccn7)c6c5c4c3)cc2)cc1. The highest BCUT2D eigenvalue weighted by Gasteiger charge is 2.17. The van der Waals surface area contributed by atoms with Gasteiger partial charge in [-0.05, 0) is 93.4 Å².